The molecule has 0 unspecified atom stereocenters. The van der Waals surface area contributed by atoms with Gasteiger partial charge in [0.25, 0.3) is 0 Å². The van der Waals surface area contributed by atoms with E-state index in [2.05, 4.69) is 59.6 Å². The molecular weight excluding hydrogens is 260 g/mol. The molecule has 0 aliphatic heterocycles. The summed E-state index contributed by atoms with van der Waals surface area (Å²) in [6, 6.07) is 8.35. The van der Waals surface area contributed by atoms with E-state index < -0.39 is 0 Å². The van der Waals surface area contributed by atoms with E-state index in [1.165, 1.54) is 5.56 Å². The molecule has 0 aliphatic rings. The lowest BCUT2D eigenvalue weighted by Crippen LogP contribution is -2.09. The summed E-state index contributed by atoms with van der Waals surface area (Å²) in [5, 5.41) is 6.79. The average Bonchev–Trinajstić information content (AvgIpc) is 2.51. The largest absolute Gasteiger partial charge is 0.370 e. The molecule has 0 atom stereocenters. The van der Waals surface area contributed by atoms with Crippen LogP contribution in [0.15, 0.2) is 24.3 Å². The van der Waals surface area contributed by atoms with Gasteiger partial charge in [-0.1, -0.05) is 32.0 Å². The highest BCUT2D eigenvalue weighted by molar-refractivity contribution is 5.67. The van der Waals surface area contributed by atoms with Gasteiger partial charge in [0.05, 0.1) is 0 Å². The second-order valence-electron chi connectivity index (χ2n) is 4.98. The van der Waals surface area contributed by atoms with Crippen molar-refractivity contribution in [3.63, 3.8) is 0 Å². The van der Waals surface area contributed by atoms with Crippen LogP contribution < -0.4 is 10.6 Å². The van der Waals surface area contributed by atoms with Crippen LogP contribution in [0.3, 0.4) is 0 Å². The first-order valence-electron chi connectivity index (χ1n) is 7.65. The maximum Gasteiger partial charge on any atom is 0.139 e. The fourth-order valence-electron chi connectivity index (χ4n) is 2.26. The van der Waals surface area contributed by atoms with E-state index in [0.717, 1.165) is 48.1 Å². The molecule has 2 rings (SSSR count). The Morgan fingerprint density at radius 3 is 2.33 bits per heavy atom. The van der Waals surface area contributed by atoms with Crippen LogP contribution in [0.4, 0.5) is 17.3 Å². The van der Waals surface area contributed by atoms with Crippen LogP contribution in [0.1, 0.15) is 37.7 Å². The van der Waals surface area contributed by atoms with Crippen molar-refractivity contribution in [1.82, 2.24) is 9.97 Å². The van der Waals surface area contributed by atoms with Crippen LogP contribution >= 0.6 is 0 Å². The first kappa shape index (κ1) is 15.3. The van der Waals surface area contributed by atoms with Gasteiger partial charge < -0.3 is 10.6 Å². The highest BCUT2D eigenvalue weighted by Gasteiger charge is 2.11. The van der Waals surface area contributed by atoms with Crippen LogP contribution in [-0.4, -0.2) is 16.5 Å². The molecule has 2 N–H and O–H groups in total. The molecule has 1 heterocycles. The average molecular weight is 284 g/mol. The van der Waals surface area contributed by atoms with Gasteiger partial charge in [-0.25, -0.2) is 9.97 Å². The smallest absolute Gasteiger partial charge is 0.139 e. The first-order chi connectivity index (χ1) is 10.2. The van der Waals surface area contributed by atoms with Crippen molar-refractivity contribution < 1.29 is 0 Å². The minimum Gasteiger partial charge on any atom is -0.370 e. The van der Waals surface area contributed by atoms with Crippen LogP contribution in [0.2, 0.25) is 0 Å². The Balaban J connectivity index is 2.40. The molecule has 0 saturated carbocycles. The van der Waals surface area contributed by atoms with Crippen LogP contribution in [0.25, 0.3) is 0 Å². The molecule has 0 aliphatic carbocycles. The van der Waals surface area contributed by atoms with Gasteiger partial charge in [0, 0.05) is 24.2 Å². The maximum absolute atomic E-state index is 4.64. The Morgan fingerprint density at radius 2 is 1.67 bits per heavy atom. The Kier molecular flexibility index (Phi) is 5.14. The molecule has 4 heteroatoms. The van der Waals surface area contributed by atoms with Crippen molar-refractivity contribution in [2.45, 2.75) is 40.5 Å². The topological polar surface area (TPSA) is 49.8 Å². The second-order valence-corrected chi connectivity index (χ2v) is 4.98. The molecule has 112 valence electrons. The van der Waals surface area contributed by atoms with Crippen molar-refractivity contribution in [2.24, 2.45) is 0 Å². The molecular formula is C17H24N4. The molecule has 0 radical (unpaired) electrons. The van der Waals surface area contributed by atoms with E-state index in [4.69, 9.17) is 0 Å². The number of benzene rings is 1. The molecule has 21 heavy (non-hydrogen) atoms. The minimum atomic E-state index is 0.822. The van der Waals surface area contributed by atoms with E-state index in [1.54, 1.807) is 0 Å². The van der Waals surface area contributed by atoms with Crippen molar-refractivity contribution in [3.8, 4) is 0 Å². The van der Waals surface area contributed by atoms with Crippen LogP contribution in [0, 0.1) is 6.92 Å². The monoisotopic (exact) mass is 284 g/mol. The van der Waals surface area contributed by atoms with Crippen molar-refractivity contribution in [1.29, 1.82) is 0 Å². The summed E-state index contributed by atoms with van der Waals surface area (Å²) in [6.07, 6.45) is 1.82. The summed E-state index contributed by atoms with van der Waals surface area (Å²) in [7, 11) is 0. The van der Waals surface area contributed by atoms with Crippen LogP contribution in [-0.2, 0) is 12.8 Å². The van der Waals surface area contributed by atoms with Gasteiger partial charge in [-0.2, -0.15) is 0 Å². The van der Waals surface area contributed by atoms with E-state index in [-0.39, 0.29) is 0 Å². The predicted molar refractivity (Wildman–Crippen MR) is 89.4 cm³/mol. The summed E-state index contributed by atoms with van der Waals surface area (Å²) < 4.78 is 0. The number of aromatic nitrogens is 2. The minimum absolute atomic E-state index is 0.822. The molecule has 1 aromatic carbocycles. The molecule has 2 aromatic rings. The summed E-state index contributed by atoms with van der Waals surface area (Å²) in [5.41, 5.74) is 3.46. The number of hydrogen-bond donors (Lipinski definition) is 2. The SMILES string of the molecule is CCNc1nc(CC)nc(Nc2ccccc2CC)c1C. The van der Waals surface area contributed by atoms with Crippen molar-refractivity contribution in [2.75, 3.05) is 17.2 Å². The van der Waals surface area contributed by atoms with Gasteiger partial charge in [-0.05, 0) is 31.9 Å². The van der Waals surface area contributed by atoms with Gasteiger partial charge in [0.15, 0.2) is 0 Å². The number of nitrogens with one attached hydrogen (secondary N) is 2. The number of para-hydroxylation sites is 1. The zero-order valence-electron chi connectivity index (χ0n) is 13.3. The van der Waals surface area contributed by atoms with E-state index in [0.29, 0.717) is 0 Å². The Bertz CT molecular complexity index is 608. The molecule has 0 amide bonds. The number of anilines is 3. The standard InChI is InChI=1S/C17H24N4/c1-5-13-10-8-9-11-14(13)19-17-12(4)16(18-7-3)20-15(6-2)21-17/h8-11H,5-7H2,1-4H3,(H2,18,19,20,21). The Hall–Kier alpha value is -2.10. The highest BCUT2D eigenvalue weighted by atomic mass is 15.1. The quantitative estimate of drug-likeness (QED) is 0.839. The third-order valence-corrected chi connectivity index (χ3v) is 3.50. The molecule has 0 fully saturated rings. The summed E-state index contributed by atoms with van der Waals surface area (Å²) in [6.45, 7) is 9.21. The third-order valence-electron chi connectivity index (χ3n) is 3.50. The highest BCUT2D eigenvalue weighted by Crippen LogP contribution is 2.26. The Labute approximate surface area is 127 Å². The summed E-state index contributed by atoms with van der Waals surface area (Å²) in [5.74, 6) is 2.66. The molecule has 0 bridgehead atoms. The second kappa shape index (κ2) is 7.07. The third kappa shape index (κ3) is 3.51. The van der Waals surface area contributed by atoms with Gasteiger partial charge >= 0.3 is 0 Å². The predicted octanol–water partition coefficient (Wildman–Crippen LogP) is 4.09. The normalized spacial score (nSPS) is 10.5. The lowest BCUT2D eigenvalue weighted by Gasteiger charge is -2.16. The molecule has 4 nitrogen and oxygen atoms in total. The van der Waals surface area contributed by atoms with Gasteiger partial charge in [0.1, 0.15) is 17.5 Å². The zero-order valence-corrected chi connectivity index (χ0v) is 13.3. The van der Waals surface area contributed by atoms with E-state index in [1.807, 2.05) is 13.0 Å². The number of aryl methyl sites for hydroxylation is 2. The lowest BCUT2D eigenvalue weighted by atomic mass is 10.1. The Morgan fingerprint density at radius 1 is 0.952 bits per heavy atom. The summed E-state index contributed by atoms with van der Waals surface area (Å²) >= 11 is 0. The van der Waals surface area contributed by atoms with E-state index >= 15 is 0 Å². The fourth-order valence-corrected chi connectivity index (χ4v) is 2.26. The van der Waals surface area contributed by atoms with Gasteiger partial charge in [-0.15, -0.1) is 0 Å². The fraction of sp³-hybridized carbons (Fsp3) is 0.412. The van der Waals surface area contributed by atoms with E-state index in [9.17, 15) is 0 Å². The number of nitrogens with zero attached hydrogens (tertiary/aromatic N) is 2. The zero-order chi connectivity index (χ0) is 15.2. The van der Waals surface area contributed by atoms with Crippen LogP contribution in [0.5, 0.6) is 0 Å². The lowest BCUT2D eigenvalue weighted by molar-refractivity contribution is 0.929. The molecule has 0 spiro atoms. The van der Waals surface area contributed by atoms with Gasteiger partial charge in [0.2, 0.25) is 0 Å². The van der Waals surface area contributed by atoms with Crippen molar-refractivity contribution in [3.05, 3.63) is 41.2 Å². The maximum atomic E-state index is 4.64. The van der Waals surface area contributed by atoms with Crippen molar-refractivity contribution >= 4 is 17.3 Å². The summed E-state index contributed by atoms with van der Waals surface area (Å²) in [4.78, 5) is 9.21. The molecule has 1 aromatic heterocycles. The number of rotatable bonds is 6. The van der Waals surface area contributed by atoms with Gasteiger partial charge in [-0.3, -0.25) is 0 Å². The number of hydrogen-bond acceptors (Lipinski definition) is 4. The molecule has 0 saturated heterocycles. The first-order valence-corrected chi connectivity index (χ1v) is 7.65.